The van der Waals surface area contributed by atoms with Crippen molar-refractivity contribution < 1.29 is 19.0 Å². The Bertz CT molecular complexity index is 580. The van der Waals surface area contributed by atoms with Crippen LogP contribution < -0.4 is 4.74 Å². The quantitative estimate of drug-likeness (QED) is 0.899. The smallest absolute Gasteiger partial charge is 0.372 e. The Labute approximate surface area is 102 Å². The number of carbonyl (C=O) groups is 1. The third kappa shape index (κ3) is 2.48. The van der Waals surface area contributed by atoms with Gasteiger partial charge in [-0.05, 0) is 12.1 Å². The molecule has 1 heterocycles. The molecule has 0 unspecified atom stereocenters. The van der Waals surface area contributed by atoms with Crippen LogP contribution in [0.4, 0.5) is 4.39 Å². The number of hydrogen-bond donors (Lipinski definition) is 1. The normalized spacial score (nSPS) is 10.3. The number of rotatable bonds is 4. The van der Waals surface area contributed by atoms with Gasteiger partial charge in [0.2, 0.25) is 5.82 Å². The van der Waals surface area contributed by atoms with Gasteiger partial charge in [-0.3, -0.25) is 0 Å². The maximum Gasteiger partial charge on any atom is 0.372 e. The van der Waals surface area contributed by atoms with Gasteiger partial charge >= 0.3 is 5.97 Å². The molecular formula is C12H11FN2O3. The van der Waals surface area contributed by atoms with Crippen LogP contribution in [0.25, 0.3) is 0 Å². The summed E-state index contributed by atoms with van der Waals surface area (Å²) >= 11 is 0. The first-order chi connectivity index (χ1) is 8.58. The zero-order chi connectivity index (χ0) is 13.1. The lowest BCUT2D eigenvalue weighted by atomic mass is 10.3. The highest BCUT2D eigenvalue weighted by atomic mass is 19.1. The summed E-state index contributed by atoms with van der Waals surface area (Å²) in [5.41, 5.74) is 0.594. The van der Waals surface area contributed by atoms with Crippen LogP contribution in [-0.2, 0) is 13.7 Å². The minimum absolute atomic E-state index is 0.0622. The number of ether oxygens (including phenoxy) is 1. The Balaban J connectivity index is 2.09. The van der Waals surface area contributed by atoms with Crippen molar-refractivity contribution in [1.82, 2.24) is 9.55 Å². The molecule has 2 aromatic rings. The van der Waals surface area contributed by atoms with Crippen LogP contribution in [0.3, 0.4) is 0 Å². The molecule has 0 atom stereocenters. The van der Waals surface area contributed by atoms with Gasteiger partial charge in [0.05, 0.1) is 11.9 Å². The van der Waals surface area contributed by atoms with Crippen molar-refractivity contribution in [2.24, 2.45) is 7.05 Å². The lowest BCUT2D eigenvalue weighted by Crippen LogP contribution is -2.09. The molecule has 0 amide bonds. The van der Waals surface area contributed by atoms with Gasteiger partial charge in [0.15, 0.2) is 0 Å². The summed E-state index contributed by atoms with van der Waals surface area (Å²) in [5.74, 6) is -1.17. The summed E-state index contributed by atoms with van der Waals surface area (Å²) in [6, 6.07) is 5.74. The first-order valence-corrected chi connectivity index (χ1v) is 5.20. The van der Waals surface area contributed by atoms with Gasteiger partial charge in [0, 0.05) is 13.1 Å². The third-order valence-corrected chi connectivity index (χ3v) is 2.46. The third-order valence-electron chi connectivity index (χ3n) is 2.46. The van der Waals surface area contributed by atoms with Crippen LogP contribution in [-0.4, -0.2) is 20.6 Å². The molecule has 0 aliphatic rings. The molecule has 1 aromatic heterocycles. The standard InChI is InChI=1S/C12H11FN2O3/c1-15-9(6-14-11(15)12(16)17)7-18-10-4-2-3-8(13)5-10/h2-6H,7H2,1H3,(H,16,17). The number of nitrogens with zero attached hydrogens (tertiary/aromatic N) is 2. The summed E-state index contributed by atoms with van der Waals surface area (Å²) in [6.07, 6.45) is 1.42. The Morgan fingerprint density at radius 2 is 2.33 bits per heavy atom. The van der Waals surface area contributed by atoms with E-state index in [1.54, 1.807) is 13.1 Å². The predicted molar refractivity (Wildman–Crippen MR) is 60.9 cm³/mol. The highest BCUT2D eigenvalue weighted by molar-refractivity contribution is 5.83. The number of imidazole rings is 1. The van der Waals surface area contributed by atoms with Gasteiger partial charge in [-0.1, -0.05) is 6.07 Å². The molecule has 0 saturated heterocycles. The van der Waals surface area contributed by atoms with Gasteiger partial charge in [-0.15, -0.1) is 0 Å². The van der Waals surface area contributed by atoms with E-state index in [4.69, 9.17) is 9.84 Å². The molecule has 1 N–H and O–H groups in total. The number of carboxylic acids is 1. The minimum Gasteiger partial charge on any atom is -0.487 e. The highest BCUT2D eigenvalue weighted by Crippen LogP contribution is 2.14. The first-order valence-electron chi connectivity index (χ1n) is 5.20. The Hall–Kier alpha value is -2.37. The molecule has 0 aliphatic carbocycles. The second kappa shape index (κ2) is 4.87. The van der Waals surface area contributed by atoms with Gasteiger partial charge in [0.25, 0.3) is 0 Å². The van der Waals surface area contributed by atoms with Gasteiger partial charge in [-0.2, -0.15) is 0 Å². The highest BCUT2D eigenvalue weighted by Gasteiger charge is 2.13. The van der Waals surface area contributed by atoms with E-state index in [0.29, 0.717) is 11.4 Å². The number of halogens is 1. The van der Waals surface area contributed by atoms with Crippen LogP contribution in [0.15, 0.2) is 30.5 Å². The Morgan fingerprint density at radius 1 is 1.56 bits per heavy atom. The lowest BCUT2D eigenvalue weighted by molar-refractivity contribution is 0.0679. The molecule has 0 fully saturated rings. The molecule has 18 heavy (non-hydrogen) atoms. The zero-order valence-electron chi connectivity index (χ0n) is 9.63. The van der Waals surface area contributed by atoms with Gasteiger partial charge < -0.3 is 14.4 Å². The molecule has 0 aliphatic heterocycles. The molecule has 0 saturated carbocycles. The average molecular weight is 250 g/mol. The Kier molecular flexibility index (Phi) is 3.27. The van der Waals surface area contributed by atoms with E-state index in [1.807, 2.05) is 0 Å². The second-order valence-electron chi connectivity index (χ2n) is 3.68. The maximum atomic E-state index is 12.9. The van der Waals surface area contributed by atoms with E-state index >= 15 is 0 Å². The molecule has 5 nitrogen and oxygen atoms in total. The van der Waals surface area contributed by atoms with Crippen LogP contribution in [0, 0.1) is 5.82 Å². The fourth-order valence-electron chi connectivity index (χ4n) is 1.49. The van der Waals surface area contributed by atoms with Gasteiger partial charge in [-0.25, -0.2) is 14.2 Å². The molecule has 94 valence electrons. The van der Waals surface area contributed by atoms with Crippen molar-refractivity contribution in [1.29, 1.82) is 0 Å². The van der Waals surface area contributed by atoms with Crippen molar-refractivity contribution in [2.45, 2.75) is 6.61 Å². The van der Waals surface area contributed by atoms with Crippen molar-refractivity contribution in [3.05, 3.63) is 47.8 Å². The molecule has 0 radical (unpaired) electrons. The summed E-state index contributed by atoms with van der Waals surface area (Å²) in [4.78, 5) is 14.5. The van der Waals surface area contributed by atoms with Crippen molar-refractivity contribution in [3.63, 3.8) is 0 Å². The average Bonchev–Trinajstić information content (AvgIpc) is 2.68. The van der Waals surface area contributed by atoms with E-state index in [9.17, 15) is 9.18 Å². The number of hydrogen-bond acceptors (Lipinski definition) is 3. The fourth-order valence-corrected chi connectivity index (χ4v) is 1.49. The van der Waals surface area contributed by atoms with E-state index in [0.717, 1.165) is 0 Å². The molecule has 2 rings (SSSR count). The van der Waals surface area contributed by atoms with E-state index in [1.165, 1.54) is 29.0 Å². The number of benzene rings is 1. The van der Waals surface area contributed by atoms with Crippen molar-refractivity contribution >= 4 is 5.97 Å². The first kappa shape index (κ1) is 12.1. The molecule has 0 bridgehead atoms. The van der Waals surface area contributed by atoms with Crippen LogP contribution in [0.5, 0.6) is 5.75 Å². The largest absolute Gasteiger partial charge is 0.487 e. The lowest BCUT2D eigenvalue weighted by Gasteiger charge is -2.07. The fraction of sp³-hybridized carbons (Fsp3) is 0.167. The maximum absolute atomic E-state index is 12.9. The number of aromatic nitrogens is 2. The summed E-state index contributed by atoms with van der Waals surface area (Å²) < 4.78 is 19.7. The van der Waals surface area contributed by atoms with E-state index in [2.05, 4.69) is 4.98 Å². The zero-order valence-corrected chi connectivity index (χ0v) is 9.63. The Morgan fingerprint density at radius 3 is 2.94 bits per heavy atom. The van der Waals surface area contributed by atoms with Crippen LogP contribution >= 0.6 is 0 Å². The molecule has 1 aromatic carbocycles. The summed E-state index contributed by atoms with van der Waals surface area (Å²) in [5, 5.41) is 8.83. The molecule has 0 spiro atoms. The minimum atomic E-state index is -1.10. The van der Waals surface area contributed by atoms with Crippen molar-refractivity contribution in [2.75, 3.05) is 0 Å². The molecule has 6 heteroatoms. The summed E-state index contributed by atoms with van der Waals surface area (Å²) in [7, 11) is 1.58. The number of carboxylic acid groups (broad SMARTS) is 1. The monoisotopic (exact) mass is 250 g/mol. The van der Waals surface area contributed by atoms with Crippen LogP contribution in [0.1, 0.15) is 16.3 Å². The van der Waals surface area contributed by atoms with Crippen LogP contribution in [0.2, 0.25) is 0 Å². The topological polar surface area (TPSA) is 64.4 Å². The molecular weight excluding hydrogens is 239 g/mol. The predicted octanol–water partition coefficient (Wildman–Crippen LogP) is 1.84. The van der Waals surface area contributed by atoms with E-state index < -0.39 is 5.97 Å². The van der Waals surface area contributed by atoms with Crippen molar-refractivity contribution in [3.8, 4) is 5.75 Å². The summed E-state index contributed by atoms with van der Waals surface area (Å²) in [6.45, 7) is 0.125. The van der Waals surface area contributed by atoms with Gasteiger partial charge in [0.1, 0.15) is 18.2 Å². The second-order valence-corrected chi connectivity index (χ2v) is 3.68. The number of aromatic carboxylic acids is 1. The SMILES string of the molecule is Cn1c(COc2cccc(F)c2)cnc1C(=O)O. The van der Waals surface area contributed by atoms with E-state index in [-0.39, 0.29) is 18.2 Å².